The van der Waals surface area contributed by atoms with Gasteiger partial charge in [-0.05, 0) is 82.5 Å². The Labute approximate surface area is 136 Å². The molecule has 126 valence electrons. The molecule has 2 heterocycles. The summed E-state index contributed by atoms with van der Waals surface area (Å²) in [7, 11) is 0. The first kappa shape index (κ1) is 16.5. The van der Waals surface area contributed by atoms with Gasteiger partial charge in [-0.25, -0.2) is 0 Å². The van der Waals surface area contributed by atoms with E-state index in [9.17, 15) is 0 Å². The molecule has 22 heavy (non-hydrogen) atoms. The number of rotatable bonds is 4. The summed E-state index contributed by atoms with van der Waals surface area (Å²) in [6, 6.07) is 0. The Bertz CT molecular complexity index is 360. The fraction of sp³-hybridized carbons (Fsp3) is 0.900. The summed E-state index contributed by atoms with van der Waals surface area (Å²) >= 11 is 0. The maximum absolute atomic E-state index is 6.19. The average Bonchev–Trinajstić information content (AvgIpc) is 2.56. The SMILES string of the molecule is CC1=CCC(CCC2CCC(C3CCC(C)CO3)OC2)CC1. The normalized spacial score (nSPS) is 40.3. The first-order valence-electron chi connectivity index (χ1n) is 9.59. The molecule has 5 unspecified atom stereocenters. The molecule has 5 atom stereocenters. The van der Waals surface area contributed by atoms with Crippen LogP contribution in [0.5, 0.6) is 0 Å². The first-order chi connectivity index (χ1) is 10.7. The number of allylic oxidation sites excluding steroid dienone is 2. The van der Waals surface area contributed by atoms with Crippen molar-refractivity contribution < 1.29 is 9.47 Å². The summed E-state index contributed by atoms with van der Waals surface area (Å²) in [6.07, 6.45) is 15.1. The third-order valence-electron chi connectivity index (χ3n) is 6.09. The van der Waals surface area contributed by atoms with Gasteiger partial charge < -0.3 is 9.47 Å². The zero-order valence-electron chi connectivity index (χ0n) is 14.6. The Balaban J connectivity index is 1.33. The summed E-state index contributed by atoms with van der Waals surface area (Å²) < 4.78 is 12.2. The summed E-state index contributed by atoms with van der Waals surface area (Å²) in [5, 5.41) is 0. The van der Waals surface area contributed by atoms with Gasteiger partial charge in [0.15, 0.2) is 0 Å². The van der Waals surface area contributed by atoms with Crippen molar-refractivity contribution >= 4 is 0 Å². The zero-order chi connectivity index (χ0) is 15.4. The number of hydrogen-bond acceptors (Lipinski definition) is 2. The quantitative estimate of drug-likeness (QED) is 0.671. The van der Waals surface area contributed by atoms with E-state index in [0.717, 1.165) is 31.0 Å². The predicted molar refractivity (Wildman–Crippen MR) is 90.9 cm³/mol. The molecule has 1 aliphatic carbocycles. The molecule has 0 aromatic carbocycles. The molecular weight excluding hydrogens is 272 g/mol. The van der Waals surface area contributed by atoms with Gasteiger partial charge in [-0.3, -0.25) is 0 Å². The minimum atomic E-state index is 0.378. The van der Waals surface area contributed by atoms with E-state index in [1.54, 1.807) is 5.57 Å². The van der Waals surface area contributed by atoms with Gasteiger partial charge in [-0.2, -0.15) is 0 Å². The smallest absolute Gasteiger partial charge is 0.0836 e. The van der Waals surface area contributed by atoms with Gasteiger partial charge in [0.2, 0.25) is 0 Å². The Morgan fingerprint density at radius 3 is 2.23 bits per heavy atom. The van der Waals surface area contributed by atoms with Crippen LogP contribution in [0.3, 0.4) is 0 Å². The molecule has 3 aliphatic rings. The van der Waals surface area contributed by atoms with Crippen LogP contribution in [-0.4, -0.2) is 25.4 Å². The molecule has 2 aliphatic heterocycles. The van der Waals surface area contributed by atoms with Crippen molar-refractivity contribution in [3.8, 4) is 0 Å². The van der Waals surface area contributed by atoms with E-state index >= 15 is 0 Å². The van der Waals surface area contributed by atoms with Gasteiger partial charge in [-0.15, -0.1) is 0 Å². The standard InChI is InChI=1S/C20H34O2/c1-15-3-6-17(7-4-15)8-9-18-10-12-20(22-14-18)19-11-5-16(2)13-21-19/h3,16-20H,4-14H2,1-2H3. The Morgan fingerprint density at radius 2 is 1.64 bits per heavy atom. The first-order valence-corrected chi connectivity index (χ1v) is 9.59. The molecule has 0 bridgehead atoms. The molecule has 0 aromatic heterocycles. The summed E-state index contributed by atoms with van der Waals surface area (Å²) in [4.78, 5) is 0. The van der Waals surface area contributed by atoms with Crippen LogP contribution >= 0.6 is 0 Å². The molecule has 2 nitrogen and oxygen atoms in total. The largest absolute Gasteiger partial charge is 0.375 e. The molecule has 0 spiro atoms. The van der Waals surface area contributed by atoms with Crippen molar-refractivity contribution in [3.63, 3.8) is 0 Å². The lowest BCUT2D eigenvalue weighted by Gasteiger charge is -2.37. The molecule has 2 saturated heterocycles. The van der Waals surface area contributed by atoms with Crippen molar-refractivity contribution in [1.29, 1.82) is 0 Å². The van der Waals surface area contributed by atoms with Crippen LogP contribution in [0.1, 0.15) is 71.6 Å². The second-order valence-corrected chi connectivity index (χ2v) is 8.14. The minimum absolute atomic E-state index is 0.378. The number of ether oxygens (including phenoxy) is 2. The minimum Gasteiger partial charge on any atom is -0.375 e. The topological polar surface area (TPSA) is 18.5 Å². The van der Waals surface area contributed by atoms with E-state index in [1.165, 1.54) is 57.8 Å². The van der Waals surface area contributed by atoms with Crippen LogP contribution in [0, 0.1) is 17.8 Å². The molecule has 2 fully saturated rings. The van der Waals surface area contributed by atoms with E-state index in [2.05, 4.69) is 19.9 Å². The van der Waals surface area contributed by atoms with Gasteiger partial charge in [0, 0.05) is 13.2 Å². The maximum atomic E-state index is 6.19. The van der Waals surface area contributed by atoms with E-state index in [-0.39, 0.29) is 0 Å². The van der Waals surface area contributed by atoms with Crippen LogP contribution in [0.15, 0.2) is 11.6 Å². The summed E-state index contributed by atoms with van der Waals surface area (Å²) in [6.45, 7) is 6.47. The monoisotopic (exact) mass is 306 g/mol. The molecular formula is C20H34O2. The fourth-order valence-electron chi connectivity index (χ4n) is 4.30. The number of hydrogen-bond donors (Lipinski definition) is 0. The highest BCUT2D eigenvalue weighted by Crippen LogP contribution is 2.33. The van der Waals surface area contributed by atoms with E-state index in [0.29, 0.717) is 12.2 Å². The molecule has 0 saturated carbocycles. The van der Waals surface area contributed by atoms with Gasteiger partial charge >= 0.3 is 0 Å². The molecule has 2 heteroatoms. The maximum Gasteiger partial charge on any atom is 0.0836 e. The Hall–Kier alpha value is -0.340. The molecule has 3 rings (SSSR count). The van der Waals surface area contributed by atoms with Crippen molar-refractivity contribution in [2.45, 2.75) is 83.8 Å². The third-order valence-corrected chi connectivity index (χ3v) is 6.09. The van der Waals surface area contributed by atoms with Crippen LogP contribution in [0.2, 0.25) is 0 Å². The second kappa shape index (κ2) is 7.97. The molecule has 0 aromatic rings. The molecule has 0 N–H and O–H groups in total. The Morgan fingerprint density at radius 1 is 0.909 bits per heavy atom. The zero-order valence-corrected chi connectivity index (χ0v) is 14.6. The van der Waals surface area contributed by atoms with Crippen LogP contribution < -0.4 is 0 Å². The highest BCUT2D eigenvalue weighted by Gasteiger charge is 2.31. The van der Waals surface area contributed by atoms with Crippen molar-refractivity contribution in [2.75, 3.05) is 13.2 Å². The highest BCUT2D eigenvalue weighted by atomic mass is 16.5. The molecule has 0 radical (unpaired) electrons. The van der Waals surface area contributed by atoms with Crippen molar-refractivity contribution in [1.82, 2.24) is 0 Å². The lowest BCUT2D eigenvalue weighted by atomic mass is 9.83. The van der Waals surface area contributed by atoms with Gasteiger partial charge in [0.05, 0.1) is 12.2 Å². The highest BCUT2D eigenvalue weighted by molar-refractivity contribution is 5.02. The third kappa shape index (κ3) is 4.58. The summed E-state index contributed by atoms with van der Waals surface area (Å²) in [5.74, 6) is 2.47. The Kier molecular flexibility index (Phi) is 5.98. The summed E-state index contributed by atoms with van der Waals surface area (Å²) in [5.41, 5.74) is 1.60. The van der Waals surface area contributed by atoms with E-state index in [1.807, 2.05) is 0 Å². The fourth-order valence-corrected chi connectivity index (χ4v) is 4.30. The second-order valence-electron chi connectivity index (χ2n) is 8.14. The average molecular weight is 306 g/mol. The van der Waals surface area contributed by atoms with Crippen LogP contribution in [0.4, 0.5) is 0 Å². The van der Waals surface area contributed by atoms with Gasteiger partial charge in [0.25, 0.3) is 0 Å². The lowest BCUT2D eigenvalue weighted by Crippen LogP contribution is -2.40. The van der Waals surface area contributed by atoms with E-state index < -0.39 is 0 Å². The van der Waals surface area contributed by atoms with E-state index in [4.69, 9.17) is 9.47 Å². The predicted octanol–water partition coefficient (Wildman–Crippen LogP) is 5.12. The van der Waals surface area contributed by atoms with Crippen molar-refractivity contribution in [2.24, 2.45) is 17.8 Å². The van der Waals surface area contributed by atoms with Gasteiger partial charge in [-0.1, -0.05) is 18.6 Å². The molecule has 0 amide bonds. The van der Waals surface area contributed by atoms with Crippen LogP contribution in [0.25, 0.3) is 0 Å². The lowest BCUT2D eigenvalue weighted by molar-refractivity contribution is -0.129. The van der Waals surface area contributed by atoms with Gasteiger partial charge in [0.1, 0.15) is 0 Å². The van der Waals surface area contributed by atoms with Crippen LogP contribution in [-0.2, 0) is 9.47 Å². The van der Waals surface area contributed by atoms with Crippen molar-refractivity contribution in [3.05, 3.63) is 11.6 Å².